The van der Waals surface area contributed by atoms with Gasteiger partial charge in [0.15, 0.2) is 0 Å². The summed E-state index contributed by atoms with van der Waals surface area (Å²) in [6.07, 6.45) is 1.08. The maximum absolute atomic E-state index is 12.0. The maximum atomic E-state index is 12.0. The first-order valence-corrected chi connectivity index (χ1v) is 8.51. The third-order valence-corrected chi connectivity index (χ3v) is 4.38. The Kier molecular flexibility index (Phi) is 6.42. The summed E-state index contributed by atoms with van der Waals surface area (Å²) in [5.74, 6) is -0.263. The zero-order valence-electron chi connectivity index (χ0n) is 14.3. The zero-order chi connectivity index (χ0) is 18.4. The van der Waals surface area contributed by atoms with Crippen molar-refractivity contribution in [3.8, 4) is 0 Å². The Bertz CT molecular complexity index is 760. The molecule has 2 aromatic carbocycles. The number of carbonyl (C=O) groups is 2. The van der Waals surface area contributed by atoms with Gasteiger partial charge in [-0.3, -0.25) is 9.59 Å². The van der Waals surface area contributed by atoms with Crippen molar-refractivity contribution in [1.82, 2.24) is 0 Å². The molecule has 0 bridgehead atoms. The van der Waals surface area contributed by atoms with Gasteiger partial charge in [0.2, 0.25) is 11.8 Å². The Morgan fingerprint density at radius 3 is 2.32 bits per heavy atom. The van der Waals surface area contributed by atoms with Gasteiger partial charge in [0.25, 0.3) is 0 Å². The van der Waals surface area contributed by atoms with Gasteiger partial charge in [-0.15, -0.1) is 0 Å². The highest BCUT2D eigenvalue weighted by molar-refractivity contribution is 6.34. The van der Waals surface area contributed by atoms with E-state index in [2.05, 4.69) is 24.5 Å². The fourth-order valence-corrected chi connectivity index (χ4v) is 2.62. The normalized spacial score (nSPS) is 11.6. The van der Waals surface area contributed by atoms with Crippen LogP contribution in [-0.4, -0.2) is 18.4 Å². The number of rotatable bonds is 7. The summed E-state index contributed by atoms with van der Waals surface area (Å²) in [5, 5.41) is 6.04. The predicted molar refractivity (Wildman–Crippen MR) is 102 cm³/mol. The van der Waals surface area contributed by atoms with Crippen LogP contribution in [0, 0.1) is 0 Å². The van der Waals surface area contributed by atoms with Crippen molar-refractivity contribution in [3.63, 3.8) is 0 Å². The van der Waals surface area contributed by atoms with Gasteiger partial charge < -0.3 is 16.4 Å². The fourth-order valence-electron chi connectivity index (χ4n) is 2.34. The number of amides is 2. The summed E-state index contributed by atoms with van der Waals surface area (Å²) in [6, 6.07) is 12.6. The SMILES string of the molecule is CCC(C)c1ccc(NC(=O)CNc2ccc(C(N)=O)c(Cl)c2)cc1. The van der Waals surface area contributed by atoms with E-state index < -0.39 is 5.91 Å². The number of benzene rings is 2. The van der Waals surface area contributed by atoms with Crippen molar-refractivity contribution in [1.29, 1.82) is 0 Å². The summed E-state index contributed by atoms with van der Waals surface area (Å²) in [4.78, 5) is 23.2. The van der Waals surface area contributed by atoms with E-state index >= 15 is 0 Å². The molecule has 0 fully saturated rings. The Morgan fingerprint density at radius 1 is 1.12 bits per heavy atom. The minimum absolute atomic E-state index is 0.0827. The van der Waals surface area contributed by atoms with Crippen LogP contribution in [0.4, 0.5) is 11.4 Å². The molecule has 25 heavy (non-hydrogen) atoms. The lowest BCUT2D eigenvalue weighted by molar-refractivity contribution is -0.114. The molecule has 0 spiro atoms. The molecule has 4 N–H and O–H groups in total. The molecule has 2 aromatic rings. The summed E-state index contributed by atoms with van der Waals surface area (Å²) < 4.78 is 0. The second-order valence-corrected chi connectivity index (χ2v) is 6.30. The van der Waals surface area contributed by atoms with E-state index in [1.165, 1.54) is 11.6 Å². The van der Waals surface area contributed by atoms with Crippen molar-refractivity contribution in [2.75, 3.05) is 17.2 Å². The first-order chi connectivity index (χ1) is 11.9. The van der Waals surface area contributed by atoms with Crippen LogP contribution in [0.3, 0.4) is 0 Å². The third-order valence-electron chi connectivity index (χ3n) is 4.06. The lowest BCUT2D eigenvalue weighted by Gasteiger charge is -2.11. The summed E-state index contributed by atoms with van der Waals surface area (Å²) in [5.41, 5.74) is 8.09. The Balaban J connectivity index is 1.90. The van der Waals surface area contributed by atoms with Gasteiger partial charge in [0.05, 0.1) is 17.1 Å². The second kappa shape index (κ2) is 8.53. The predicted octanol–water partition coefficient (Wildman–Crippen LogP) is 4.00. The Morgan fingerprint density at radius 2 is 1.76 bits per heavy atom. The molecule has 0 aromatic heterocycles. The number of hydrogen-bond acceptors (Lipinski definition) is 3. The molecule has 6 heteroatoms. The molecular formula is C19H22ClN3O2. The van der Waals surface area contributed by atoms with Gasteiger partial charge >= 0.3 is 0 Å². The molecule has 2 amide bonds. The van der Waals surface area contributed by atoms with E-state index in [1.807, 2.05) is 24.3 Å². The smallest absolute Gasteiger partial charge is 0.250 e. The van der Waals surface area contributed by atoms with Gasteiger partial charge in [-0.2, -0.15) is 0 Å². The van der Waals surface area contributed by atoms with Gasteiger partial charge in [0, 0.05) is 11.4 Å². The monoisotopic (exact) mass is 359 g/mol. The van der Waals surface area contributed by atoms with E-state index in [9.17, 15) is 9.59 Å². The average Bonchev–Trinajstić information content (AvgIpc) is 2.59. The molecule has 2 rings (SSSR count). The molecule has 1 atom stereocenters. The number of primary amides is 1. The first-order valence-electron chi connectivity index (χ1n) is 8.13. The van der Waals surface area contributed by atoms with Crippen LogP contribution in [0.25, 0.3) is 0 Å². The standard InChI is InChI=1S/C19H22ClN3O2/c1-3-12(2)13-4-6-14(7-5-13)23-18(24)11-22-15-8-9-16(19(21)25)17(20)10-15/h4-10,12,22H,3,11H2,1-2H3,(H2,21,25)(H,23,24). The topological polar surface area (TPSA) is 84.2 Å². The molecule has 0 heterocycles. The average molecular weight is 360 g/mol. The molecule has 0 aliphatic carbocycles. The lowest BCUT2D eigenvalue weighted by atomic mass is 9.99. The van der Waals surface area contributed by atoms with Gasteiger partial charge in [-0.25, -0.2) is 0 Å². The van der Waals surface area contributed by atoms with Crippen LogP contribution < -0.4 is 16.4 Å². The van der Waals surface area contributed by atoms with E-state index in [0.717, 1.165) is 12.1 Å². The highest BCUT2D eigenvalue weighted by Gasteiger charge is 2.08. The zero-order valence-corrected chi connectivity index (χ0v) is 15.1. The molecule has 0 saturated carbocycles. The largest absolute Gasteiger partial charge is 0.376 e. The molecule has 0 saturated heterocycles. The minimum Gasteiger partial charge on any atom is -0.376 e. The Hall–Kier alpha value is -2.53. The summed E-state index contributed by atoms with van der Waals surface area (Å²) in [7, 11) is 0. The van der Waals surface area contributed by atoms with E-state index in [4.69, 9.17) is 17.3 Å². The first kappa shape index (κ1) is 18.8. The van der Waals surface area contributed by atoms with Crippen LogP contribution in [0.2, 0.25) is 5.02 Å². The molecule has 132 valence electrons. The number of carbonyl (C=O) groups excluding carboxylic acids is 2. The van der Waals surface area contributed by atoms with Gasteiger partial charge in [0.1, 0.15) is 0 Å². The van der Waals surface area contributed by atoms with Crippen molar-refractivity contribution in [3.05, 3.63) is 58.6 Å². The fraction of sp³-hybridized carbons (Fsp3) is 0.263. The summed E-state index contributed by atoms with van der Waals surface area (Å²) >= 11 is 5.98. The molecule has 1 unspecified atom stereocenters. The minimum atomic E-state index is -0.588. The number of halogens is 1. The van der Waals surface area contributed by atoms with Crippen LogP contribution in [0.15, 0.2) is 42.5 Å². The lowest BCUT2D eigenvalue weighted by Crippen LogP contribution is -2.21. The van der Waals surface area contributed by atoms with Crippen molar-refractivity contribution < 1.29 is 9.59 Å². The third kappa shape index (κ3) is 5.22. The second-order valence-electron chi connectivity index (χ2n) is 5.89. The molecular weight excluding hydrogens is 338 g/mol. The highest BCUT2D eigenvalue weighted by Crippen LogP contribution is 2.21. The molecule has 5 nitrogen and oxygen atoms in total. The van der Waals surface area contributed by atoms with E-state index in [1.54, 1.807) is 12.1 Å². The molecule has 0 aliphatic heterocycles. The Labute approximate surface area is 152 Å². The molecule has 0 aliphatic rings. The van der Waals surface area contributed by atoms with Gasteiger partial charge in [-0.1, -0.05) is 37.6 Å². The van der Waals surface area contributed by atoms with Crippen LogP contribution in [-0.2, 0) is 4.79 Å². The number of hydrogen-bond donors (Lipinski definition) is 3. The van der Waals surface area contributed by atoms with Gasteiger partial charge in [-0.05, 0) is 48.2 Å². The van der Waals surface area contributed by atoms with Crippen LogP contribution in [0.1, 0.15) is 42.1 Å². The number of nitrogens with two attached hydrogens (primary N) is 1. The van der Waals surface area contributed by atoms with Crippen LogP contribution >= 0.6 is 11.6 Å². The quantitative estimate of drug-likeness (QED) is 0.698. The maximum Gasteiger partial charge on any atom is 0.250 e. The summed E-state index contributed by atoms with van der Waals surface area (Å²) in [6.45, 7) is 4.40. The van der Waals surface area contributed by atoms with Crippen molar-refractivity contribution >= 4 is 34.8 Å². The van der Waals surface area contributed by atoms with E-state index in [-0.39, 0.29) is 23.0 Å². The van der Waals surface area contributed by atoms with Crippen molar-refractivity contribution in [2.45, 2.75) is 26.2 Å². The number of nitrogens with one attached hydrogen (secondary N) is 2. The van der Waals surface area contributed by atoms with Crippen LogP contribution in [0.5, 0.6) is 0 Å². The number of anilines is 2. The highest BCUT2D eigenvalue weighted by atomic mass is 35.5. The molecule has 0 radical (unpaired) electrons. The van der Waals surface area contributed by atoms with Crippen molar-refractivity contribution in [2.24, 2.45) is 5.73 Å². The van der Waals surface area contributed by atoms with E-state index in [0.29, 0.717) is 11.6 Å².